The van der Waals surface area contributed by atoms with Crippen LogP contribution in [0.2, 0.25) is 0 Å². The first-order valence-corrected chi connectivity index (χ1v) is 8.79. The summed E-state index contributed by atoms with van der Waals surface area (Å²) in [6, 6.07) is 19.9. The molecule has 2 aromatic rings. The average molecular weight is 357 g/mol. The number of benzene rings is 2. The van der Waals surface area contributed by atoms with Crippen LogP contribution in [-0.4, -0.2) is 17.4 Å². The van der Waals surface area contributed by atoms with Gasteiger partial charge in [0.2, 0.25) is 5.88 Å². The molecule has 4 rings (SSSR count). The molecule has 0 radical (unpaired) electrons. The van der Waals surface area contributed by atoms with E-state index in [0.29, 0.717) is 18.7 Å². The first-order chi connectivity index (χ1) is 13.1. The number of allylic oxidation sites excluding steroid dienone is 1. The van der Waals surface area contributed by atoms with Crippen molar-refractivity contribution in [2.75, 3.05) is 6.54 Å². The smallest absolute Gasteiger partial charge is 0.290 e. The quantitative estimate of drug-likeness (QED) is 0.915. The Morgan fingerprint density at radius 3 is 2.56 bits per heavy atom. The minimum atomic E-state index is -0.357. The van der Waals surface area contributed by atoms with Crippen molar-refractivity contribution in [3.63, 3.8) is 0 Å². The van der Waals surface area contributed by atoms with Gasteiger partial charge in [-0.25, -0.2) is 0 Å². The van der Waals surface area contributed by atoms with E-state index in [1.807, 2.05) is 61.5 Å². The van der Waals surface area contributed by atoms with Gasteiger partial charge in [0, 0.05) is 18.7 Å². The van der Waals surface area contributed by atoms with Crippen LogP contribution in [-0.2, 0) is 16.1 Å². The first kappa shape index (κ1) is 16.9. The molecular weight excluding hydrogens is 338 g/mol. The van der Waals surface area contributed by atoms with E-state index in [1.165, 1.54) is 0 Å². The van der Waals surface area contributed by atoms with Crippen LogP contribution >= 0.6 is 0 Å². The SMILES string of the molecule is Cc1ccc(C2C(C#N)=C(N)OC3=C2CN(Cc2ccccc2)C3=O)cc1. The van der Waals surface area contributed by atoms with Crippen LogP contribution in [0.4, 0.5) is 0 Å². The van der Waals surface area contributed by atoms with Crippen molar-refractivity contribution in [3.8, 4) is 6.07 Å². The molecule has 1 unspecified atom stereocenters. The lowest BCUT2D eigenvalue weighted by atomic mass is 9.83. The molecule has 0 bridgehead atoms. The molecule has 0 saturated heterocycles. The Kier molecular flexibility index (Phi) is 4.17. The minimum Gasteiger partial charge on any atom is -0.435 e. The van der Waals surface area contributed by atoms with Crippen LogP contribution in [0.5, 0.6) is 0 Å². The molecule has 1 amide bonds. The van der Waals surface area contributed by atoms with Crippen LogP contribution in [0.1, 0.15) is 22.6 Å². The molecule has 1 atom stereocenters. The monoisotopic (exact) mass is 357 g/mol. The Labute approximate surface area is 158 Å². The lowest BCUT2D eigenvalue weighted by molar-refractivity contribution is -0.128. The molecule has 2 aliphatic heterocycles. The molecule has 2 aromatic carbocycles. The van der Waals surface area contributed by atoms with Gasteiger partial charge < -0.3 is 15.4 Å². The van der Waals surface area contributed by atoms with Gasteiger partial charge >= 0.3 is 0 Å². The van der Waals surface area contributed by atoms with Crippen LogP contribution in [0.25, 0.3) is 0 Å². The Morgan fingerprint density at radius 2 is 1.89 bits per heavy atom. The van der Waals surface area contributed by atoms with Crippen molar-refractivity contribution >= 4 is 5.91 Å². The highest BCUT2D eigenvalue weighted by Crippen LogP contribution is 2.42. The van der Waals surface area contributed by atoms with Crippen molar-refractivity contribution in [1.29, 1.82) is 5.26 Å². The second kappa shape index (κ2) is 6.65. The Morgan fingerprint density at radius 1 is 1.19 bits per heavy atom. The predicted molar refractivity (Wildman–Crippen MR) is 101 cm³/mol. The molecule has 0 aliphatic carbocycles. The first-order valence-electron chi connectivity index (χ1n) is 8.79. The van der Waals surface area contributed by atoms with Gasteiger partial charge in [0.05, 0.1) is 5.92 Å². The molecule has 0 saturated carbocycles. The molecule has 134 valence electrons. The number of rotatable bonds is 3. The number of nitrogens with two attached hydrogens (primary N) is 1. The van der Waals surface area contributed by atoms with E-state index in [-0.39, 0.29) is 23.5 Å². The number of nitrogens with zero attached hydrogens (tertiary/aromatic N) is 2. The van der Waals surface area contributed by atoms with E-state index < -0.39 is 0 Å². The predicted octanol–water partition coefficient (Wildman–Crippen LogP) is 3.10. The summed E-state index contributed by atoms with van der Waals surface area (Å²) in [5.74, 6) is -0.278. The third kappa shape index (κ3) is 2.96. The number of amides is 1. The lowest BCUT2D eigenvalue weighted by Gasteiger charge is -2.24. The summed E-state index contributed by atoms with van der Waals surface area (Å²) in [6.45, 7) is 2.91. The minimum absolute atomic E-state index is 0.0109. The van der Waals surface area contributed by atoms with Crippen LogP contribution in [0, 0.1) is 18.3 Å². The van der Waals surface area contributed by atoms with Crippen molar-refractivity contribution < 1.29 is 9.53 Å². The normalized spacial score (nSPS) is 19.0. The van der Waals surface area contributed by atoms with Gasteiger partial charge in [0.25, 0.3) is 5.91 Å². The summed E-state index contributed by atoms with van der Waals surface area (Å²) in [4.78, 5) is 14.6. The van der Waals surface area contributed by atoms with E-state index >= 15 is 0 Å². The van der Waals surface area contributed by atoms with E-state index in [0.717, 1.165) is 22.3 Å². The fraction of sp³-hybridized carbons (Fsp3) is 0.182. The second-order valence-corrected chi connectivity index (χ2v) is 6.84. The van der Waals surface area contributed by atoms with Crippen molar-refractivity contribution in [2.45, 2.75) is 19.4 Å². The van der Waals surface area contributed by atoms with Gasteiger partial charge in [-0.05, 0) is 18.1 Å². The molecular formula is C22H19N3O2. The summed E-state index contributed by atoms with van der Waals surface area (Å²) >= 11 is 0. The second-order valence-electron chi connectivity index (χ2n) is 6.84. The summed E-state index contributed by atoms with van der Waals surface area (Å²) in [6.07, 6.45) is 0. The highest BCUT2D eigenvalue weighted by atomic mass is 16.5. The van der Waals surface area contributed by atoms with Gasteiger partial charge in [-0.1, -0.05) is 60.2 Å². The highest BCUT2D eigenvalue weighted by Gasteiger charge is 2.42. The molecule has 2 N–H and O–H groups in total. The highest BCUT2D eigenvalue weighted by molar-refractivity contribution is 5.96. The number of aryl methyl sites for hydroxylation is 1. The number of hydrogen-bond donors (Lipinski definition) is 1. The van der Waals surface area contributed by atoms with Crippen LogP contribution < -0.4 is 5.73 Å². The number of nitriles is 1. The third-order valence-electron chi connectivity index (χ3n) is 5.00. The molecule has 2 aliphatic rings. The number of carbonyl (C=O) groups excluding carboxylic acids is 1. The molecule has 0 aromatic heterocycles. The number of carbonyl (C=O) groups is 1. The van der Waals surface area contributed by atoms with E-state index in [1.54, 1.807) is 4.90 Å². The average Bonchev–Trinajstić information content (AvgIpc) is 2.98. The fourth-order valence-electron chi connectivity index (χ4n) is 3.62. The topological polar surface area (TPSA) is 79.4 Å². The third-order valence-corrected chi connectivity index (χ3v) is 5.00. The number of hydrogen-bond acceptors (Lipinski definition) is 4. The van der Waals surface area contributed by atoms with Crippen molar-refractivity contribution in [2.24, 2.45) is 5.73 Å². The van der Waals surface area contributed by atoms with Gasteiger partial charge in [0.15, 0.2) is 5.76 Å². The summed E-state index contributed by atoms with van der Waals surface area (Å²) in [5.41, 5.74) is 10.2. The van der Waals surface area contributed by atoms with Crippen molar-refractivity contribution in [1.82, 2.24) is 4.90 Å². The van der Waals surface area contributed by atoms with E-state index in [9.17, 15) is 10.1 Å². The Balaban J connectivity index is 1.70. The summed E-state index contributed by atoms with van der Waals surface area (Å²) in [7, 11) is 0. The van der Waals surface area contributed by atoms with Gasteiger partial charge in [-0.15, -0.1) is 0 Å². The van der Waals surface area contributed by atoms with Crippen molar-refractivity contribution in [3.05, 3.63) is 94.1 Å². The number of ether oxygens (including phenoxy) is 1. The summed E-state index contributed by atoms with van der Waals surface area (Å²) < 4.78 is 5.59. The fourth-order valence-corrected chi connectivity index (χ4v) is 3.62. The van der Waals surface area contributed by atoms with E-state index in [2.05, 4.69) is 6.07 Å². The zero-order valence-electron chi connectivity index (χ0n) is 15.0. The molecule has 27 heavy (non-hydrogen) atoms. The molecule has 2 heterocycles. The zero-order chi connectivity index (χ0) is 19.0. The standard InChI is InChI=1S/C22H19N3O2/c1-14-7-9-16(10-8-14)19-17(11-23)21(24)27-20-18(19)13-25(22(20)26)12-15-5-3-2-4-6-15/h2-10,19H,12-13,24H2,1H3. The maximum atomic E-state index is 12.9. The van der Waals surface area contributed by atoms with Gasteiger partial charge in [0.1, 0.15) is 11.6 Å². The summed E-state index contributed by atoms with van der Waals surface area (Å²) in [5, 5.41) is 9.65. The van der Waals surface area contributed by atoms with Gasteiger partial charge in [-0.2, -0.15) is 5.26 Å². The molecule has 0 spiro atoms. The maximum Gasteiger partial charge on any atom is 0.290 e. The Hall–Kier alpha value is -3.52. The largest absolute Gasteiger partial charge is 0.435 e. The zero-order valence-corrected chi connectivity index (χ0v) is 15.0. The van der Waals surface area contributed by atoms with E-state index in [4.69, 9.17) is 10.5 Å². The molecule has 5 nitrogen and oxygen atoms in total. The Bertz CT molecular complexity index is 998. The van der Waals surface area contributed by atoms with Crippen LogP contribution in [0.3, 0.4) is 0 Å². The maximum absolute atomic E-state index is 12.9. The molecule has 0 fully saturated rings. The molecule has 5 heteroatoms. The van der Waals surface area contributed by atoms with Gasteiger partial charge in [-0.3, -0.25) is 4.79 Å². The van der Waals surface area contributed by atoms with Crippen LogP contribution in [0.15, 0.2) is 77.4 Å². The lowest BCUT2D eigenvalue weighted by Crippen LogP contribution is -2.27.